The van der Waals surface area contributed by atoms with Crippen molar-refractivity contribution in [2.75, 3.05) is 33.2 Å². The summed E-state index contributed by atoms with van der Waals surface area (Å²) < 4.78 is 0. The summed E-state index contributed by atoms with van der Waals surface area (Å²) in [7, 11) is 1.79. The summed E-state index contributed by atoms with van der Waals surface area (Å²) in [5.41, 5.74) is 5.22. The second-order valence-corrected chi connectivity index (χ2v) is 3.18. The van der Waals surface area contributed by atoms with Gasteiger partial charge in [-0.05, 0) is 14.0 Å². The maximum atomic E-state index is 11.1. The van der Waals surface area contributed by atoms with Gasteiger partial charge in [-0.25, -0.2) is 0 Å². The van der Waals surface area contributed by atoms with Gasteiger partial charge in [0.2, 0.25) is 5.91 Å². The van der Waals surface area contributed by atoms with E-state index in [-0.39, 0.29) is 5.91 Å². The third-order valence-corrected chi connectivity index (χ3v) is 1.46. The Bertz CT molecular complexity index is 150. The van der Waals surface area contributed by atoms with Crippen LogP contribution in [0.25, 0.3) is 0 Å². The number of rotatable bonds is 6. The van der Waals surface area contributed by atoms with Gasteiger partial charge in [-0.1, -0.05) is 0 Å². The molecule has 0 saturated carbocycles. The lowest BCUT2D eigenvalue weighted by Gasteiger charge is -2.17. The molecule has 0 radical (unpaired) electrons. The van der Waals surface area contributed by atoms with Crippen LogP contribution in [0, 0.1) is 0 Å². The van der Waals surface area contributed by atoms with Crippen molar-refractivity contribution in [1.29, 1.82) is 0 Å². The molecule has 0 rings (SSSR count). The van der Waals surface area contributed by atoms with Crippen molar-refractivity contribution in [3.05, 3.63) is 0 Å². The fourth-order valence-electron chi connectivity index (χ4n) is 1.03. The highest BCUT2D eigenvalue weighted by atomic mass is 16.3. The zero-order chi connectivity index (χ0) is 10.3. The molecule has 1 unspecified atom stereocenters. The number of nitrogens with zero attached hydrogens (tertiary/aromatic N) is 1. The Morgan fingerprint density at radius 2 is 2.31 bits per heavy atom. The standard InChI is InChI=1S/C8H19N3O2/c1-7(12)5-11(2)6-8(13)10-4-3-9/h7,12H,3-6,9H2,1-2H3,(H,10,13). The first-order valence-corrected chi connectivity index (χ1v) is 4.39. The predicted molar refractivity (Wildman–Crippen MR) is 51.2 cm³/mol. The topological polar surface area (TPSA) is 78.6 Å². The molecule has 0 aromatic rings. The highest BCUT2D eigenvalue weighted by Gasteiger charge is 2.07. The third kappa shape index (κ3) is 7.70. The Kier molecular flexibility index (Phi) is 6.48. The van der Waals surface area contributed by atoms with E-state index in [0.29, 0.717) is 26.2 Å². The van der Waals surface area contributed by atoms with Crippen LogP contribution in [-0.4, -0.2) is 55.2 Å². The highest BCUT2D eigenvalue weighted by molar-refractivity contribution is 5.77. The number of carbonyl (C=O) groups is 1. The molecule has 5 heteroatoms. The molecule has 1 amide bonds. The molecular weight excluding hydrogens is 170 g/mol. The first-order valence-electron chi connectivity index (χ1n) is 4.39. The van der Waals surface area contributed by atoms with Gasteiger partial charge in [-0.15, -0.1) is 0 Å². The minimum Gasteiger partial charge on any atom is -0.392 e. The number of aliphatic hydroxyl groups excluding tert-OH is 1. The fraction of sp³-hybridized carbons (Fsp3) is 0.875. The summed E-state index contributed by atoms with van der Waals surface area (Å²) in [5.74, 6) is -0.0615. The minimum atomic E-state index is -0.410. The van der Waals surface area contributed by atoms with Gasteiger partial charge in [0, 0.05) is 19.6 Å². The van der Waals surface area contributed by atoms with Gasteiger partial charge >= 0.3 is 0 Å². The van der Waals surface area contributed by atoms with Crippen molar-refractivity contribution in [3.8, 4) is 0 Å². The zero-order valence-corrected chi connectivity index (χ0v) is 8.29. The Morgan fingerprint density at radius 1 is 1.69 bits per heavy atom. The van der Waals surface area contributed by atoms with Gasteiger partial charge in [-0.3, -0.25) is 9.69 Å². The molecule has 0 aliphatic heterocycles. The number of nitrogens with two attached hydrogens (primary N) is 1. The van der Waals surface area contributed by atoms with Crippen molar-refractivity contribution in [2.24, 2.45) is 5.73 Å². The van der Waals surface area contributed by atoms with Gasteiger partial charge < -0.3 is 16.2 Å². The number of hydrogen-bond donors (Lipinski definition) is 3. The van der Waals surface area contributed by atoms with E-state index in [2.05, 4.69) is 5.32 Å². The van der Waals surface area contributed by atoms with Crippen LogP contribution < -0.4 is 11.1 Å². The smallest absolute Gasteiger partial charge is 0.234 e. The Labute approximate surface area is 78.9 Å². The van der Waals surface area contributed by atoms with E-state index < -0.39 is 6.10 Å². The number of aliphatic hydroxyl groups is 1. The summed E-state index contributed by atoms with van der Waals surface area (Å²) in [5, 5.41) is 11.7. The summed E-state index contributed by atoms with van der Waals surface area (Å²) in [4.78, 5) is 12.9. The summed E-state index contributed by atoms with van der Waals surface area (Å²) in [6.07, 6.45) is -0.410. The van der Waals surface area contributed by atoms with Crippen LogP contribution in [-0.2, 0) is 4.79 Å². The molecule has 0 fully saturated rings. The molecule has 5 nitrogen and oxygen atoms in total. The molecule has 78 valence electrons. The van der Waals surface area contributed by atoms with Gasteiger partial charge in [-0.2, -0.15) is 0 Å². The number of likely N-dealkylation sites (N-methyl/N-ethyl adjacent to an activating group) is 1. The van der Waals surface area contributed by atoms with Gasteiger partial charge in [0.25, 0.3) is 0 Å². The SMILES string of the molecule is CC(O)CN(C)CC(=O)NCCN. The molecule has 1 atom stereocenters. The Balaban J connectivity index is 3.53. The second kappa shape index (κ2) is 6.82. The van der Waals surface area contributed by atoms with E-state index >= 15 is 0 Å². The lowest BCUT2D eigenvalue weighted by atomic mass is 10.3. The van der Waals surface area contributed by atoms with Gasteiger partial charge in [0.05, 0.1) is 12.6 Å². The molecule has 0 aromatic carbocycles. The van der Waals surface area contributed by atoms with Crippen LogP contribution in [0.3, 0.4) is 0 Å². The van der Waals surface area contributed by atoms with Crippen LogP contribution in [0.4, 0.5) is 0 Å². The lowest BCUT2D eigenvalue weighted by Crippen LogP contribution is -2.39. The monoisotopic (exact) mass is 189 g/mol. The molecule has 4 N–H and O–H groups in total. The number of nitrogens with one attached hydrogen (secondary N) is 1. The number of hydrogen-bond acceptors (Lipinski definition) is 4. The number of amides is 1. The zero-order valence-electron chi connectivity index (χ0n) is 8.29. The summed E-state index contributed by atoms with van der Waals surface area (Å²) in [6, 6.07) is 0. The maximum Gasteiger partial charge on any atom is 0.234 e. The first-order chi connectivity index (χ1) is 6.06. The molecule has 0 heterocycles. The lowest BCUT2D eigenvalue weighted by molar-refractivity contribution is -0.122. The van der Waals surface area contributed by atoms with Crippen LogP contribution in [0.15, 0.2) is 0 Å². The summed E-state index contributed by atoms with van der Waals surface area (Å²) in [6.45, 7) is 3.43. The van der Waals surface area contributed by atoms with Crippen molar-refractivity contribution >= 4 is 5.91 Å². The Hall–Kier alpha value is -0.650. The van der Waals surface area contributed by atoms with Crippen LogP contribution >= 0.6 is 0 Å². The van der Waals surface area contributed by atoms with Crippen molar-refractivity contribution < 1.29 is 9.90 Å². The van der Waals surface area contributed by atoms with Gasteiger partial charge in [0.1, 0.15) is 0 Å². The van der Waals surface area contributed by atoms with E-state index in [1.165, 1.54) is 0 Å². The summed E-state index contributed by atoms with van der Waals surface area (Å²) >= 11 is 0. The van der Waals surface area contributed by atoms with E-state index in [9.17, 15) is 4.79 Å². The van der Waals surface area contributed by atoms with E-state index in [0.717, 1.165) is 0 Å². The average Bonchev–Trinajstić information content (AvgIpc) is 1.98. The molecule has 13 heavy (non-hydrogen) atoms. The fourth-order valence-corrected chi connectivity index (χ4v) is 1.03. The Morgan fingerprint density at radius 3 is 2.77 bits per heavy atom. The third-order valence-electron chi connectivity index (χ3n) is 1.46. The minimum absolute atomic E-state index is 0.0615. The van der Waals surface area contributed by atoms with E-state index in [1.807, 2.05) is 0 Å². The van der Waals surface area contributed by atoms with Crippen molar-refractivity contribution in [3.63, 3.8) is 0 Å². The molecule has 0 aliphatic carbocycles. The first kappa shape index (κ1) is 12.3. The molecule has 0 aromatic heterocycles. The van der Waals surface area contributed by atoms with E-state index in [4.69, 9.17) is 10.8 Å². The number of carbonyl (C=O) groups excluding carboxylic acids is 1. The quantitative estimate of drug-likeness (QED) is 0.469. The van der Waals surface area contributed by atoms with Gasteiger partial charge in [0.15, 0.2) is 0 Å². The normalized spacial score (nSPS) is 13.0. The van der Waals surface area contributed by atoms with Crippen LogP contribution in [0.2, 0.25) is 0 Å². The second-order valence-electron chi connectivity index (χ2n) is 3.18. The molecule has 0 saturated heterocycles. The predicted octanol–water partition coefficient (Wildman–Crippen LogP) is -1.63. The largest absolute Gasteiger partial charge is 0.392 e. The molecule has 0 bridgehead atoms. The molecule has 0 aliphatic rings. The van der Waals surface area contributed by atoms with E-state index in [1.54, 1.807) is 18.9 Å². The maximum absolute atomic E-state index is 11.1. The van der Waals surface area contributed by atoms with Crippen molar-refractivity contribution in [1.82, 2.24) is 10.2 Å². The average molecular weight is 189 g/mol. The molecular formula is C8H19N3O2. The van der Waals surface area contributed by atoms with Crippen LogP contribution in [0.5, 0.6) is 0 Å². The highest BCUT2D eigenvalue weighted by Crippen LogP contribution is 1.86. The van der Waals surface area contributed by atoms with Crippen molar-refractivity contribution in [2.45, 2.75) is 13.0 Å². The van der Waals surface area contributed by atoms with Crippen LogP contribution in [0.1, 0.15) is 6.92 Å². The molecule has 0 spiro atoms.